The number of unbranched alkanes of at least 4 members (excludes halogenated alkanes) is 24. The van der Waals surface area contributed by atoms with Crippen molar-refractivity contribution in [2.75, 3.05) is 6.61 Å². The van der Waals surface area contributed by atoms with Crippen LogP contribution >= 0.6 is 0 Å². The van der Waals surface area contributed by atoms with Gasteiger partial charge in [-0.15, -0.1) is 0 Å². The number of hydrogen-bond donors (Lipinski definition) is 3. The van der Waals surface area contributed by atoms with Gasteiger partial charge in [-0.2, -0.15) is 0 Å². The highest BCUT2D eigenvalue weighted by atomic mass is 16.3. The minimum Gasteiger partial charge on any atom is -0.394 e. The van der Waals surface area contributed by atoms with E-state index < -0.39 is 12.1 Å². The maximum absolute atomic E-state index is 12.2. The number of carbonyl (C=O) groups is 1. The minimum absolute atomic E-state index is 0.0383. The predicted octanol–water partition coefficient (Wildman–Crippen LogP) is 11.7. The monoisotopic (exact) mass is 620 g/mol. The van der Waals surface area contributed by atoms with Crippen molar-refractivity contribution < 1.29 is 15.0 Å². The van der Waals surface area contributed by atoms with E-state index in [0.29, 0.717) is 12.8 Å². The first-order valence-corrected chi connectivity index (χ1v) is 19.5. The van der Waals surface area contributed by atoms with Crippen molar-refractivity contribution in [3.8, 4) is 0 Å². The Labute approximate surface area is 275 Å². The van der Waals surface area contributed by atoms with E-state index in [1.165, 1.54) is 148 Å². The average Bonchev–Trinajstić information content (AvgIpc) is 3.03. The van der Waals surface area contributed by atoms with Crippen molar-refractivity contribution in [2.45, 2.75) is 219 Å². The van der Waals surface area contributed by atoms with Gasteiger partial charge >= 0.3 is 0 Å². The lowest BCUT2D eigenvalue weighted by Crippen LogP contribution is -2.45. The number of carbonyl (C=O) groups excluding carboxylic acids is 1. The van der Waals surface area contributed by atoms with Gasteiger partial charge < -0.3 is 15.5 Å². The van der Waals surface area contributed by atoms with Crippen molar-refractivity contribution in [3.05, 3.63) is 24.3 Å². The summed E-state index contributed by atoms with van der Waals surface area (Å²) in [5, 5.41) is 22.7. The zero-order chi connectivity index (χ0) is 32.2. The lowest BCUT2D eigenvalue weighted by molar-refractivity contribution is -0.123. The van der Waals surface area contributed by atoms with Crippen molar-refractivity contribution in [2.24, 2.45) is 0 Å². The van der Waals surface area contributed by atoms with E-state index in [-0.39, 0.29) is 12.5 Å². The van der Waals surface area contributed by atoms with Gasteiger partial charge in [-0.1, -0.05) is 179 Å². The molecule has 0 aromatic carbocycles. The lowest BCUT2D eigenvalue weighted by atomic mass is 10.0. The molecule has 0 saturated heterocycles. The molecule has 0 aromatic rings. The van der Waals surface area contributed by atoms with Crippen LogP contribution < -0.4 is 5.32 Å². The third-order valence-electron chi connectivity index (χ3n) is 8.97. The Morgan fingerprint density at radius 3 is 1.36 bits per heavy atom. The molecule has 0 fully saturated rings. The molecule has 0 aliphatic carbocycles. The molecular weight excluding hydrogens is 542 g/mol. The molecule has 1 amide bonds. The Balaban J connectivity index is 3.39. The summed E-state index contributed by atoms with van der Waals surface area (Å²) in [5.41, 5.74) is 0. The van der Waals surface area contributed by atoms with Crippen LogP contribution in [-0.4, -0.2) is 34.9 Å². The normalized spacial score (nSPS) is 13.3. The number of rotatable bonds is 35. The topological polar surface area (TPSA) is 69.6 Å². The van der Waals surface area contributed by atoms with Crippen molar-refractivity contribution in [1.29, 1.82) is 0 Å². The first kappa shape index (κ1) is 42.9. The molecule has 2 unspecified atom stereocenters. The molecule has 0 spiro atoms. The summed E-state index contributed by atoms with van der Waals surface area (Å²) in [6.45, 7) is 4.27. The van der Waals surface area contributed by atoms with Crippen LogP contribution in [0.3, 0.4) is 0 Å². The van der Waals surface area contributed by atoms with Crippen LogP contribution in [0.15, 0.2) is 24.3 Å². The second-order valence-corrected chi connectivity index (χ2v) is 13.4. The minimum atomic E-state index is -0.652. The van der Waals surface area contributed by atoms with Gasteiger partial charge in [-0.05, 0) is 44.9 Å². The van der Waals surface area contributed by atoms with E-state index >= 15 is 0 Å². The second kappa shape index (κ2) is 36.3. The fourth-order valence-electron chi connectivity index (χ4n) is 5.92. The SMILES string of the molecule is CCCCCCC/C=C\C/C=C\CCCCCCCCCCCCCCCCCC(=O)NC(CO)C(O)CCCCCCC. The third-order valence-corrected chi connectivity index (χ3v) is 8.97. The molecule has 0 saturated carbocycles. The number of hydrogen-bond acceptors (Lipinski definition) is 3. The summed E-state index contributed by atoms with van der Waals surface area (Å²) >= 11 is 0. The molecule has 4 heteroatoms. The van der Waals surface area contributed by atoms with Crippen molar-refractivity contribution in [3.63, 3.8) is 0 Å². The number of allylic oxidation sites excluding steroid dienone is 4. The van der Waals surface area contributed by atoms with Crippen LogP contribution in [0.25, 0.3) is 0 Å². The Morgan fingerprint density at radius 1 is 0.545 bits per heavy atom. The Kier molecular flexibility index (Phi) is 35.4. The van der Waals surface area contributed by atoms with E-state index in [2.05, 4.69) is 43.5 Å². The first-order valence-electron chi connectivity index (χ1n) is 19.5. The van der Waals surface area contributed by atoms with Crippen LogP contribution in [0.5, 0.6) is 0 Å². The highest BCUT2D eigenvalue weighted by molar-refractivity contribution is 5.76. The molecule has 0 bridgehead atoms. The molecule has 2 atom stereocenters. The number of aliphatic hydroxyl groups excluding tert-OH is 2. The molecule has 0 aliphatic rings. The summed E-state index contributed by atoms with van der Waals surface area (Å²) in [5.74, 6) is -0.0383. The molecule has 3 N–H and O–H groups in total. The van der Waals surface area contributed by atoms with Crippen LogP contribution in [0.4, 0.5) is 0 Å². The second-order valence-electron chi connectivity index (χ2n) is 13.4. The molecule has 0 radical (unpaired) electrons. The highest BCUT2D eigenvalue weighted by Crippen LogP contribution is 2.15. The fourth-order valence-corrected chi connectivity index (χ4v) is 5.92. The Hall–Kier alpha value is -1.13. The van der Waals surface area contributed by atoms with Gasteiger partial charge in [0.25, 0.3) is 0 Å². The highest BCUT2D eigenvalue weighted by Gasteiger charge is 2.19. The van der Waals surface area contributed by atoms with Crippen LogP contribution in [0, 0.1) is 0 Å². The summed E-state index contributed by atoms with van der Waals surface area (Å²) in [4.78, 5) is 12.2. The zero-order valence-electron chi connectivity index (χ0n) is 29.7. The molecular formula is C40H77NO3. The maximum atomic E-state index is 12.2. The number of nitrogens with one attached hydrogen (secondary N) is 1. The molecule has 0 rings (SSSR count). The summed E-state index contributed by atoms with van der Waals surface area (Å²) in [6.07, 6.45) is 45.7. The van der Waals surface area contributed by atoms with Gasteiger partial charge in [0.1, 0.15) is 0 Å². The average molecular weight is 620 g/mol. The smallest absolute Gasteiger partial charge is 0.220 e. The van der Waals surface area contributed by atoms with Gasteiger partial charge in [-0.3, -0.25) is 4.79 Å². The van der Waals surface area contributed by atoms with Gasteiger partial charge in [0, 0.05) is 6.42 Å². The van der Waals surface area contributed by atoms with E-state index in [0.717, 1.165) is 32.1 Å². The number of aliphatic hydroxyl groups is 2. The fraction of sp³-hybridized carbons (Fsp3) is 0.875. The van der Waals surface area contributed by atoms with Gasteiger partial charge in [0.15, 0.2) is 0 Å². The Morgan fingerprint density at radius 2 is 0.932 bits per heavy atom. The van der Waals surface area contributed by atoms with Gasteiger partial charge in [0.05, 0.1) is 18.8 Å². The van der Waals surface area contributed by atoms with Crippen molar-refractivity contribution in [1.82, 2.24) is 5.32 Å². The van der Waals surface area contributed by atoms with Gasteiger partial charge in [0.2, 0.25) is 5.91 Å². The largest absolute Gasteiger partial charge is 0.394 e. The summed E-state index contributed by atoms with van der Waals surface area (Å²) < 4.78 is 0. The molecule has 0 aliphatic heterocycles. The third kappa shape index (κ3) is 32.3. The molecule has 0 aromatic heterocycles. The first-order chi connectivity index (χ1) is 21.7. The van der Waals surface area contributed by atoms with E-state index in [9.17, 15) is 15.0 Å². The summed E-state index contributed by atoms with van der Waals surface area (Å²) in [6, 6.07) is -0.529. The van der Waals surface area contributed by atoms with E-state index in [1.807, 2.05) is 0 Å². The lowest BCUT2D eigenvalue weighted by Gasteiger charge is -2.22. The van der Waals surface area contributed by atoms with Crippen LogP contribution in [-0.2, 0) is 4.79 Å². The molecule has 4 nitrogen and oxygen atoms in total. The van der Waals surface area contributed by atoms with E-state index in [1.54, 1.807) is 0 Å². The van der Waals surface area contributed by atoms with Crippen LogP contribution in [0.1, 0.15) is 206 Å². The quantitative estimate of drug-likeness (QED) is 0.0488. The molecule has 0 heterocycles. The molecule has 260 valence electrons. The van der Waals surface area contributed by atoms with Crippen LogP contribution in [0.2, 0.25) is 0 Å². The summed E-state index contributed by atoms with van der Waals surface area (Å²) in [7, 11) is 0. The standard InChI is InChI=1S/C40H77NO3/c1-3-5-7-9-10-11-12-13-14-15-16-17-18-19-20-21-22-23-24-25-26-27-28-29-30-32-34-36-40(44)41-38(37-42)39(43)35-33-31-8-6-4-2/h12-13,15-16,38-39,42-43H,3-11,14,17-37H2,1-2H3,(H,41,44)/b13-12-,16-15-. The molecule has 44 heavy (non-hydrogen) atoms. The Bertz CT molecular complexity index is 632. The zero-order valence-corrected chi connectivity index (χ0v) is 29.7. The van der Waals surface area contributed by atoms with Crippen molar-refractivity contribution >= 4 is 5.91 Å². The van der Waals surface area contributed by atoms with E-state index in [4.69, 9.17) is 0 Å². The maximum Gasteiger partial charge on any atom is 0.220 e. The number of amides is 1. The predicted molar refractivity (Wildman–Crippen MR) is 193 cm³/mol. The van der Waals surface area contributed by atoms with Gasteiger partial charge in [-0.25, -0.2) is 0 Å².